The highest BCUT2D eigenvalue weighted by Gasteiger charge is 2.30. The van der Waals surface area contributed by atoms with Crippen molar-refractivity contribution in [3.05, 3.63) is 35.4 Å². The average molecular weight is 434 g/mol. The highest BCUT2D eigenvalue weighted by molar-refractivity contribution is 5.89. The van der Waals surface area contributed by atoms with Crippen LogP contribution in [0.5, 0.6) is 11.5 Å². The molecule has 1 aliphatic heterocycles. The van der Waals surface area contributed by atoms with Crippen molar-refractivity contribution in [1.82, 2.24) is 10.2 Å². The van der Waals surface area contributed by atoms with E-state index in [2.05, 4.69) is 5.32 Å². The molecule has 170 valence electrons. The fourth-order valence-electron chi connectivity index (χ4n) is 2.96. The summed E-state index contributed by atoms with van der Waals surface area (Å²) in [7, 11) is 4.32. The van der Waals surface area contributed by atoms with E-state index < -0.39 is 23.7 Å². The number of hydrogen-bond donors (Lipinski definition) is 1. The molecule has 2 rings (SSSR count). The van der Waals surface area contributed by atoms with E-state index in [0.717, 1.165) is 5.57 Å². The third-order valence-electron chi connectivity index (χ3n) is 4.50. The third kappa shape index (κ3) is 6.91. The number of rotatable bonds is 7. The molecular weight excluding hydrogens is 404 g/mol. The number of nitrogens with one attached hydrogen (secondary N) is 1. The van der Waals surface area contributed by atoms with Crippen LogP contribution in [0.15, 0.2) is 29.8 Å². The second-order valence-corrected chi connectivity index (χ2v) is 8.09. The Kier molecular flexibility index (Phi) is 7.90. The molecule has 1 N–H and O–H groups in total. The van der Waals surface area contributed by atoms with Crippen molar-refractivity contribution in [2.75, 3.05) is 34.4 Å². The predicted molar refractivity (Wildman–Crippen MR) is 113 cm³/mol. The summed E-state index contributed by atoms with van der Waals surface area (Å²) in [5.41, 5.74) is 0.875. The van der Waals surface area contributed by atoms with E-state index in [9.17, 15) is 14.4 Å². The van der Waals surface area contributed by atoms with Crippen molar-refractivity contribution in [2.24, 2.45) is 0 Å². The third-order valence-corrected chi connectivity index (χ3v) is 4.50. The molecular formula is C22H30N2O7. The van der Waals surface area contributed by atoms with Crippen LogP contribution < -0.4 is 14.8 Å². The molecule has 0 radical (unpaired) electrons. The first-order valence-corrected chi connectivity index (χ1v) is 9.83. The van der Waals surface area contributed by atoms with Crippen LogP contribution in [-0.2, 0) is 19.1 Å². The number of methoxy groups -OCH3 is 3. The lowest BCUT2D eigenvalue weighted by Gasteiger charge is -2.35. The van der Waals surface area contributed by atoms with Gasteiger partial charge in [-0.1, -0.05) is 6.07 Å². The number of benzene rings is 1. The van der Waals surface area contributed by atoms with Crippen molar-refractivity contribution in [1.29, 1.82) is 0 Å². The van der Waals surface area contributed by atoms with Crippen LogP contribution in [0.1, 0.15) is 38.8 Å². The molecule has 1 aromatic rings. The molecule has 1 saturated heterocycles. The number of carbonyl (C=O) groups excluding carboxylic acids is 3. The molecule has 1 fully saturated rings. The van der Waals surface area contributed by atoms with Gasteiger partial charge in [-0.25, -0.2) is 4.79 Å². The predicted octanol–water partition coefficient (Wildman–Crippen LogP) is 2.60. The first kappa shape index (κ1) is 24.0. The number of ether oxygens (including phenoxy) is 4. The van der Waals surface area contributed by atoms with Gasteiger partial charge in [0.05, 0.1) is 33.8 Å². The SMILES string of the molecule is COC(=O)C[C@H](NC(=O)C=C1CN(C(=O)OC(C)(C)C)C1)c1ccc(OC)c(OC)c1. The summed E-state index contributed by atoms with van der Waals surface area (Å²) in [5.74, 6) is 0.178. The quantitative estimate of drug-likeness (QED) is 0.520. The van der Waals surface area contributed by atoms with Crippen LogP contribution in [0.2, 0.25) is 0 Å². The van der Waals surface area contributed by atoms with Gasteiger partial charge in [0, 0.05) is 19.2 Å². The Labute approximate surface area is 182 Å². The van der Waals surface area contributed by atoms with Gasteiger partial charge in [-0.3, -0.25) is 9.59 Å². The van der Waals surface area contributed by atoms with E-state index in [-0.39, 0.29) is 12.3 Å². The summed E-state index contributed by atoms with van der Waals surface area (Å²) in [4.78, 5) is 37.9. The standard InChI is InChI=1S/C22H30N2O7/c1-22(2,3)31-21(27)24-12-14(13-24)9-19(25)23-16(11-20(26)30-6)15-7-8-17(28-4)18(10-15)29-5/h7-10,16H,11-13H2,1-6H3,(H,23,25)/t16-/m0/s1. The maximum absolute atomic E-state index is 12.6. The van der Waals surface area contributed by atoms with E-state index >= 15 is 0 Å². The number of esters is 1. The second-order valence-electron chi connectivity index (χ2n) is 8.09. The maximum Gasteiger partial charge on any atom is 0.410 e. The molecule has 31 heavy (non-hydrogen) atoms. The Morgan fingerprint density at radius 2 is 1.74 bits per heavy atom. The summed E-state index contributed by atoms with van der Waals surface area (Å²) in [6.07, 6.45) is 0.968. The molecule has 9 heteroatoms. The molecule has 0 aliphatic carbocycles. The monoisotopic (exact) mass is 434 g/mol. The molecule has 1 heterocycles. The number of nitrogens with zero attached hydrogens (tertiary/aromatic N) is 1. The topological polar surface area (TPSA) is 103 Å². The zero-order valence-corrected chi connectivity index (χ0v) is 18.8. The normalized spacial score (nSPS) is 14.1. The van der Waals surface area contributed by atoms with Crippen LogP contribution in [0.25, 0.3) is 0 Å². The van der Waals surface area contributed by atoms with Gasteiger partial charge in [0.2, 0.25) is 5.91 Å². The second kappa shape index (κ2) is 10.2. The molecule has 1 atom stereocenters. The molecule has 9 nitrogen and oxygen atoms in total. The zero-order valence-electron chi connectivity index (χ0n) is 18.8. The minimum Gasteiger partial charge on any atom is -0.493 e. The fourth-order valence-corrected chi connectivity index (χ4v) is 2.96. The molecule has 0 unspecified atom stereocenters. The van der Waals surface area contributed by atoms with Crippen LogP contribution in [-0.4, -0.2) is 62.9 Å². The van der Waals surface area contributed by atoms with Gasteiger partial charge in [-0.05, 0) is 44.0 Å². The highest BCUT2D eigenvalue weighted by Crippen LogP contribution is 2.31. The van der Waals surface area contributed by atoms with Gasteiger partial charge < -0.3 is 29.2 Å². The molecule has 2 amide bonds. The lowest BCUT2D eigenvalue weighted by atomic mass is 10.0. The number of amides is 2. The van der Waals surface area contributed by atoms with Crippen LogP contribution in [0.4, 0.5) is 4.79 Å². The van der Waals surface area contributed by atoms with E-state index in [1.54, 1.807) is 39.0 Å². The number of carbonyl (C=O) groups is 3. The molecule has 1 aromatic carbocycles. The molecule has 0 aromatic heterocycles. The molecule has 1 aliphatic rings. The summed E-state index contributed by atoms with van der Waals surface area (Å²) in [5, 5.41) is 2.82. The van der Waals surface area contributed by atoms with Gasteiger partial charge in [-0.15, -0.1) is 0 Å². The maximum atomic E-state index is 12.6. The van der Waals surface area contributed by atoms with Crippen molar-refractivity contribution in [3.8, 4) is 11.5 Å². The largest absolute Gasteiger partial charge is 0.493 e. The van der Waals surface area contributed by atoms with Crippen LogP contribution in [0, 0.1) is 0 Å². The molecule has 0 saturated carbocycles. The smallest absolute Gasteiger partial charge is 0.410 e. The lowest BCUT2D eigenvalue weighted by molar-refractivity contribution is -0.141. The fraction of sp³-hybridized carbons (Fsp3) is 0.500. The summed E-state index contributed by atoms with van der Waals surface area (Å²) in [6, 6.07) is 4.52. The summed E-state index contributed by atoms with van der Waals surface area (Å²) < 4.78 is 20.6. The van der Waals surface area contributed by atoms with Crippen molar-refractivity contribution in [2.45, 2.75) is 38.8 Å². The Morgan fingerprint density at radius 1 is 1.10 bits per heavy atom. The van der Waals surface area contributed by atoms with Crippen molar-refractivity contribution >= 4 is 18.0 Å². The van der Waals surface area contributed by atoms with Crippen LogP contribution in [0.3, 0.4) is 0 Å². The van der Waals surface area contributed by atoms with Gasteiger partial charge in [-0.2, -0.15) is 0 Å². The summed E-state index contributed by atoms with van der Waals surface area (Å²) >= 11 is 0. The van der Waals surface area contributed by atoms with E-state index in [4.69, 9.17) is 18.9 Å². The van der Waals surface area contributed by atoms with Gasteiger partial charge in [0.15, 0.2) is 11.5 Å². The molecule has 0 spiro atoms. The lowest BCUT2D eigenvalue weighted by Crippen LogP contribution is -2.47. The number of likely N-dealkylation sites (tertiary alicyclic amines) is 1. The minimum atomic E-state index is -0.626. The minimum absolute atomic E-state index is 0.0507. The van der Waals surface area contributed by atoms with Gasteiger partial charge in [0.1, 0.15) is 5.60 Å². The summed E-state index contributed by atoms with van der Waals surface area (Å²) in [6.45, 7) is 6.03. The van der Waals surface area contributed by atoms with Crippen LogP contribution >= 0.6 is 0 Å². The Bertz CT molecular complexity index is 850. The van der Waals surface area contributed by atoms with Crippen molar-refractivity contribution < 1.29 is 33.3 Å². The van der Waals surface area contributed by atoms with Crippen molar-refractivity contribution in [3.63, 3.8) is 0 Å². The Hall–Kier alpha value is -3.23. The average Bonchev–Trinajstić information content (AvgIpc) is 2.67. The zero-order chi connectivity index (χ0) is 23.2. The highest BCUT2D eigenvalue weighted by atomic mass is 16.6. The Balaban J connectivity index is 2.07. The van der Waals surface area contributed by atoms with E-state index in [1.807, 2.05) is 0 Å². The number of hydrogen-bond acceptors (Lipinski definition) is 7. The first-order chi connectivity index (χ1) is 14.6. The van der Waals surface area contributed by atoms with E-state index in [1.165, 1.54) is 32.3 Å². The first-order valence-electron chi connectivity index (χ1n) is 9.83. The Morgan fingerprint density at radius 3 is 2.29 bits per heavy atom. The van der Waals surface area contributed by atoms with Gasteiger partial charge >= 0.3 is 12.1 Å². The molecule has 0 bridgehead atoms. The van der Waals surface area contributed by atoms with E-state index in [0.29, 0.717) is 30.2 Å². The van der Waals surface area contributed by atoms with Gasteiger partial charge in [0.25, 0.3) is 0 Å².